The fourth-order valence-electron chi connectivity index (χ4n) is 2.61. The number of hydrogen-bond donors (Lipinski definition) is 1. The van der Waals surface area contributed by atoms with E-state index < -0.39 is 18.5 Å². The Morgan fingerprint density at radius 1 is 0.806 bits per heavy atom. The van der Waals surface area contributed by atoms with Crippen LogP contribution in [0.15, 0.2) is 78.9 Å². The van der Waals surface area contributed by atoms with Crippen LogP contribution in [0, 0.1) is 11.3 Å². The highest BCUT2D eigenvalue weighted by atomic mass is 16.6. The number of esters is 1. The van der Waals surface area contributed by atoms with Crippen LogP contribution in [-0.2, 0) is 14.3 Å². The molecule has 0 radical (unpaired) electrons. The van der Waals surface area contributed by atoms with E-state index in [9.17, 15) is 14.4 Å². The molecule has 0 aliphatic heterocycles. The van der Waals surface area contributed by atoms with Crippen molar-refractivity contribution in [2.75, 3.05) is 18.5 Å². The average Bonchev–Trinajstić information content (AvgIpc) is 2.82. The minimum Gasteiger partial charge on any atom is -0.482 e. The Balaban J connectivity index is 1.42. The molecule has 0 bridgehead atoms. The number of nitrogens with zero attached hydrogens (tertiary/aromatic N) is 1. The van der Waals surface area contributed by atoms with Crippen molar-refractivity contribution in [3.8, 4) is 11.8 Å². The van der Waals surface area contributed by atoms with Crippen LogP contribution in [0.1, 0.15) is 21.5 Å². The van der Waals surface area contributed by atoms with E-state index >= 15 is 0 Å². The zero-order valence-corrected chi connectivity index (χ0v) is 16.4. The van der Waals surface area contributed by atoms with Crippen LogP contribution in [-0.4, -0.2) is 30.9 Å². The molecule has 0 unspecified atom stereocenters. The van der Waals surface area contributed by atoms with E-state index in [1.165, 1.54) is 0 Å². The summed E-state index contributed by atoms with van der Waals surface area (Å²) in [6.07, 6.45) is 0. The van der Waals surface area contributed by atoms with Gasteiger partial charge in [0.2, 0.25) is 0 Å². The van der Waals surface area contributed by atoms with Gasteiger partial charge in [-0.05, 0) is 48.5 Å². The number of ketones is 1. The van der Waals surface area contributed by atoms with Gasteiger partial charge in [0.05, 0.1) is 11.6 Å². The number of nitrogens with one attached hydrogen (secondary N) is 1. The van der Waals surface area contributed by atoms with Crippen LogP contribution in [0.5, 0.6) is 5.75 Å². The van der Waals surface area contributed by atoms with Gasteiger partial charge < -0.3 is 14.8 Å². The van der Waals surface area contributed by atoms with Crippen LogP contribution in [0.3, 0.4) is 0 Å². The van der Waals surface area contributed by atoms with E-state index in [2.05, 4.69) is 5.32 Å². The molecule has 3 rings (SSSR count). The summed E-state index contributed by atoms with van der Waals surface area (Å²) in [7, 11) is 0. The highest BCUT2D eigenvalue weighted by Gasteiger charge is 2.11. The zero-order chi connectivity index (χ0) is 22.1. The SMILES string of the molecule is N#Cc1ccc(NC(=O)COC(=O)COc2ccc(C(=O)c3ccccc3)cc2)cc1. The van der Waals surface area contributed by atoms with E-state index in [1.54, 1.807) is 72.8 Å². The number of benzene rings is 3. The second-order valence-corrected chi connectivity index (χ2v) is 6.41. The maximum atomic E-state index is 12.4. The summed E-state index contributed by atoms with van der Waals surface area (Å²) in [6.45, 7) is -0.844. The van der Waals surface area contributed by atoms with Gasteiger partial charge in [0.1, 0.15) is 5.75 Å². The van der Waals surface area contributed by atoms with Crippen molar-refractivity contribution >= 4 is 23.3 Å². The number of nitriles is 1. The van der Waals surface area contributed by atoms with E-state index in [-0.39, 0.29) is 12.4 Å². The third kappa shape index (κ3) is 6.27. The zero-order valence-electron chi connectivity index (χ0n) is 16.4. The van der Waals surface area contributed by atoms with Crippen molar-refractivity contribution < 1.29 is 23.9 Å². The van der Waals surface area contributed by atoms with Gasteiger partial charge in [0.25, 0.3) is 5.91 Å². The molecule has 7 nitrogen and oxygen atoms in total. The minimum atomic E-state index is -0.709. The average molecular weight is 414 g/mol. The molecule has 1 amide bonds. The summed E-state index contributed by atoms with van der Waals surface area (Å²) in [5.74, 6) is -0.940. The van der Waals surface area contributed by atoms with Crippen molar-refractivity contribution in [3.05, 3.63) is 95.6 Å². The van der Waals surface area contributed by atoms with E-state index in [4.69, 9.17) is 14.7 Å². The highest BCUT2D eigenvalue weighted by molar-refractivity contribution is 6.09. The van der Waals surface area contributed by atoms with Crippen LogP contribution >= 0.6 is 0 Å². The van der Waals surface area contributed by atoms with Gasteiger partial charge >= 0.3 is 5.97 Å². The number of carbonyl (C=O) groups is 3. The Morgan fingerprint density at radius 2 is 1.45 bits per heavy atom. The minimum absolute atomic E-state index is 0.111. The first-order valence-electron chi connectivity index (χ1n) is 9.33. The lowest BCUT2D eigenvalue weighted by atomic mass is 10.0. The summed E-state index contributed by atoms with van der Waals surface area (Å²) in [4.78, 5) is 36.0. The van der Waals surface area contributed by atoms with E-state index in [0.717, 1.165) is 0 Å². The fraction of sp³-hybridized carbons (Fsp3) is 0.0833. The molecule has 3 aromatic carbocycles. The van der Waals surface area contributed by atoms with E-state index in [0.29, 0.717) is 28.1 Å². The van der Waals surface area contributed by atoms with Crippen molar-refractivity contribution in [2.24, 2.45) is 0 Å². The fourth-order valence-corrected chi connectivity index (χ4v) is 2.61. The van der Waals surface area contributed by atoms with Crippen molar-refractivity contribution in [2.45, 2.75) is 0 Å². The lowest BCUT2D eigenvalue weighted by Gasteiger charge is -2.08. The number of ether oxygens (including phenoxy) is 2. The molecular formula is C24H18N2O5. The first kappa shape index (κ1) is 21.3. The predicted octanol–water partition coefficient (Wildman–Crippen LogP) is 3.35. The van der Waals surface area contributed by atoms with Gasteiger partial charge in [0, 0.05) is 16.8 Å². The second-order valence-electron chi connectivity index (χ2n) is 6.41. The van der Waals surface area contributed by atoms with Gasteiger partial charge in [-0.2, -0.15) is 5.26 Å². The lowest BCUT2D eigenvalue weighted by Crippen LogP contribution is -2.23. The van der Waals surface area contributed by atoms with Crippen LogP contribution in [0.2, 0.25) is 0 Å². The third-order valence-corrected chi connectivity index (χ3v) is 4.17. The Kier molecular flexibility index (Phi) is 7.12. The molecule has 31 heavy (non-hydrogen) atoms. The number of hydrogen-bond acceptors (Lipinski definition) is 6. The monoisotopic (exact) mass is 414 g/mol. The molecule has 0 saturated heterocycles. The molecule has 7 heteroatoms. The predicted molar refractivity (Wildman–Crippen MR) is 113 cm³/mol. The molecule has 0 spiro atoms. The molecule has 0 saturated carbocycles. The first-order chi connectivity index (χ1) is 15.0. The summed E-state index contributed by atoms with van der Waals surface area (Å²) >= 11 is 0. The van der Waals surface area contributed by atoms with Gasteiger partial charge in [-0.25, -0.2) is 4.79 Å². The third-order valence-electron chi connectivity index (χ3n) is 4.17. The highest BCUT2D eigenvalue weighted by Crippen LogP contribution is 2.15. The summed E-state index contributed by atoms with van der Waals surface area (Å²) < 4.78 is 10.2. The molecule has 0 aliphatic carbocycles. The topological polar surface area (TPSA) is 105 Å². The van der Waals surface area contributed by atoms with Gasteiger partial charge in [-0.1, -0.05) is 30.3 Å². The normalized spacial score (nSPS) is 9.90. The molecule has 1 N–H and O–H groups in total. The van der Waals surface area contributed by atoms with E-state index in [1.807, 2.05) is 12.1 Å². The van der Waals surface area contributed by atoms with Gasteiger partial charge in [-0.15, -0.1) is 0 Å². The van der Waals surface area contributed by atoms with Crippen molar-refractivity contribution in [3.63, 3.8) is 0 Å². The van der Waals surface area contributed by atoms with Gasteiger partial charge in [-0.3, -0.25) is 9.59 Å². The van der Waals surface area contributed by atoms with Crippen molar-refractivity contribution in [1.82, 2.24) is 0 Å². The maximum absolute atomic E-state index is 12.4. The smallest absolute Gasteiger partial charge is 0.344 e. The maximum Gasteiger partial charge on any atom is 0.344 e. The molecular weight excluding hydrogens is 396 g/mol. The summed E-state index contributed by atoms with van der Waals surface area (Å²) in [6, 6.07) is 23.5. The molecule has 0 aliphatic rings. The van der Waals surface area contributed by atoms with Crippen molar-refractivity contribution in [1.29, 1.82) is 5.26 Å². The van der Waals surface area contributed by atoms with Crippen LogP contribution in [0.25, 0.3) is 0 Å². The molecule has 0 atom stereocenters. The molecule has 154 valence electrons. The number of rotatable bonds is 8. The molecule has 0 fully saturated rings. The standard InChI is InChI=1S/C24H18N2O5/c25-14-17-6-10-20(11-7-17)26-22(27)15-31-23(28)16-30-21-12-8-19(9-13-21)24(29)18-4-2-1-3-5-18/h1-13H,15-16H2,(H,26,27). The summed E-state index contributed by atoms with van der Waals surface area (Å²) in [5, 5.41) is 11.3. The number of anilines is 1. The Morgan fingerprint density at radius 3 is 2.10 bits per heavy atom. The first-order valence-corrected chi connectivity index (χ1v) is 9.33. The van der Waals surface area contributed by atoms with Crippen LogP contribution in [0.4, 0.5) is 5.69 Å². The number of amides is 1. The Bertz CT molecular complexity index is 1100. The summed E-state index contributed by atoms with van der Waals surface area (Å²) in [5.41, 5.74) is 2.04. The largest absolute Gasteiger partial charge is 0.482 e. The Hall–Kier alpha value is -4.44. The molecule has 0 heterocycles. The van der Waals surface area contributed by atoms with Gasteiger partial charge in [0.15, 0.2) is 19.0 Å². The van der Waals surface area contributed by atoms with Crippen LogP contribution < -0.4 is 10.1 Å². The Labute approximate surface area is 178 Å². The lowest BCUT2D eigenvalue weighted by molar-refractivity contribution is -0.149. The quantitative estimate of drug-likeness (QED) is 0.448. The second kappa shape index (κ2) is 10.4. The molecule has 3 aromatic rings. The molecule has 0 aromatic heterocycles. The number of carbonyl (C=O) groups excluding carboxylic acids is 3.